The molecule has 142 valence electrons. The molecular weight excluding hydrogens is 368 g/mol. The second-order valence-corrected chi connectivity index (χ2v) is 7.30. The summed E-state index contributed by atoms with van der Waals surface area (Å²) in [5, 5.41) is 12.8. The number of nitrogens with zero attached hydrogens (tertiary/aromatic N) is 1. The van der Waals surface area contributed by atoms with Gasteiger partial charge in [-0.25, -0.2) is 0 Å². The van der Waals surface area contributed by atoms with Gasteiger partial charge in [0.15, 0.2) is 6.61 Å². The van der Waals surface area contributed by atoms with E-state index in [1.54, 1.807) is 19.1 Å². The SMILES string of the molecule is Cc1ccc(CNC(=O)COC(=O)C(C)Sc2ccc([N+](=O)[O-])cc2)cc1. The summed E-state index contributed by atoms with van der Waals surface area (Å²) in [4.78, 5) is 34.7. The van der Waals surface area contributed by atoms with Gasteiger partial charge in [0.05, 0.1) is 4.92 Å². The van der Waals surface area contributed by atoms with E-state index < -0.39 is 16.1 Å². The summed E-state index contributed by atoms with van der Waals surface area (Å²) in [6.45, 7) is 3.65. The van der Waals surface area contributed by atoms with Gasteiger partial charge in [0.1, 0.15) is 5.25 Å². The highest BCUT2D eigenvalue weighted by atomic mass is 32.2. The summed E-state index contributed by atoms with van der Waals surface area (Å²) < 4.78 is 5.03. The lowest BCUT2D eigenvalue weighted by atomic mass is 10.1. The van der Waals surface area contributed by atoms with E-state index in [0.29, 0.717) is 11.4 Å². The lowest BCUT2D eigenvalue weighted by Crippen LogP contribution is -2.30. The van der Waals surface area contributed by atoms with E-state index in [1.165, 1.54) is 23.9 Å². The maximum atomic E-state index is 12.0. The Bertz CT molecular complexity index is 806. The van der Waals surface area contributed by atoms with Gasteiger partial charge in [-0.05, 0) is 31.5 Å². The molecule has 1 amide bonds. The van der Waals surface area contributed by atoms with Gasteiger partial charge in [0.25, 0.3) is 11.6 Å². The van der Waals surface area contributed by atoms with E-state index in [1.807, 2.05) is 31.2 Å². The number of nitrogens with one attached hydrogen (secondary N) is 1. The fraction of sp³-hybridized carbons (Fsp3) is 0.263. The summed E-state index contributed by atoms with van der Waals surface area (Å²) >= 11 is 1.21. The summed E-state index contributed by atoms with van der Waals surface area (Å²) in [5.41, 5.74) is 2.08. The van der Waals surface area contributed by atoms with Crippen molar-refractivity contribution in [2.45, 2.75) is 30.5 Å². The maximum Gasteiger partial charge on any atom is 0.319 e. The van der Waals surface area contributed by atoms with Gasteiger partial charge in [-0.15, -0.1) is 11.8 Å². The Morgan fingerprint density at radius 3 is 2.37 bits per heavy atom. The van der Waals surface area contributed by atoms with Crippen molar-refractivity contribution in [1.82, 2.24) is 5.32 Å². The number of non-ortho nitro benzene ring substituents is 1. The third-order valence-corrected chi connectivity index (χ3v) is 4.74. The van der Waals surface area contributed by atoms with Gasteiger partial charge in [0, 0.05) is 23.6 Å². The van der Waals surface area contributed by atoms with Crippen LogP contribution in [0.4, 0.5) is 5.69 Å². The first kappa shape index (κ1) is 20.4. The molecular formula is C19H20N2O5S. The van der Waals surface area contributed by atoms with Crippen molar-refractivity contribution in [1.29, 1.82) is 0 Å². The molecule has 1 N–H and O–H groups in total. The van der Waals surface area contributed by atoms with Crippen LogP contribution in [0.15, 0.2) is 53.4 Å². The number of esters is 1. The van der Waals surface area contributed by atoms with Gasteiger partial charge in [-0.1, -0.05) is 29.8 Å². The average molecular weight is 388 g/mol. The number of benzene rings is 2. The molecule has 0 spiro atoms. The van der Waals surface area contributed by atoms with Crippen LogP contribution in [0, 0.1) is 17.0 Å². The van der Waals surface area contributed by atoms with Crippen LogP contribution in [0.25, 0.3) is 0 Å². The summed E-state index contributed by atoms with van der Waals surface area (Å²) in [5.74, 6) is -0.903. The van der Waals surface area contributed by atoms with Crippen molar-refractivity contribution in [3.63, 3.8) is 0 Å². The normalized spacial score (nSPS) is 11.5. The molecule has 2 aromatic rings. The molecule has 0 aromatic heterocycles. The highest BCUT2D eigenvalue weighted by Crippen LogP contribution is 2.25. The monoisotopic (exact) mass is 388 g/mol. The first-order valence-electron chi connectivity index (χ1n) is 8.25. The highest BCUT2D eigenvalue weighted by molar-refractivity contribution is 8.00. The van der Waals surface area contributed by atoms with Crippen LogP contribution >= 0.6 is 11.8 Å². The van der Waals surface area contributed by atoms with Crippen LogP contribution in [0.5, 0.6) is 0 Å². The number of hydrogen-bond donors (Lipinski definition) is 1. The van der Waals surface area contributed by atoms with Crippen molar-refractivity contribution in [3.05, 3.63) is 69.8 Å². The summed E-state index contributed by atoms with van der Waals surface area (Å²) in [7, 11) is 0. The fourth-order valence-electron chi connectivity index (χ4n) is 2.11. The molecule has 0 fully saturated rings. The molecule has 0 aliphatic carbocycles. The van der Waals surface area contributed by atoms with E-state index >= 15 is 0 Å². The second-order valence-electron chi connectivity index (χ2n) is 5.88. The molecule has 0 bridgehead atoms. The van der Waals surface area contributed by atoms with Crippen molar-refractivity contribution in [2.24, 2.45) is 0 Å². The number of carbonyl (C=O) groups excluding carboxylic acids is 2. The van der Waals surface area contributed by atoms with Crippen LogP contribution in [0.1, 0.15) is 18.1 Å². The third kappa shape index (κ3) is 6.74. The zero-order valence-corrected chi connectivity index (χ0v) is 15.8. The van der Waals surface area contributed by atoms with Gasteiger partial charge in [-0.3, -0.25) is 19.7 Å². The molecule has 0 aliphatic heterocycles. The predicted octanol–water partition coefficient (Wildman–Crippen LogP) is 3.24. The van der Waals surface area contributed by atoms with Crippen molar-refractivity contribution < 1.29 is 19.2 Å². The van der Waals surface area contributed by atoms with Gasteiger partial charge < -0.3 is 10.1 Å². The van der Waals surface area contributed by atoms with Crippen molar-refractivity contribution in [2.75, 3.05) is 6.61 Å². The molecule has 7 nitrogen and oxygen atoms in total. The first-order valence-corrected chi connectivity index (χ1v) is 9.13. The largest absolute Gasteiger partial charge is 0.455 e. The number of hydrogen-bond acceptors (Lipinski definition) is 6. The Kier molecular flexibility index (Phi) is 7.36. The Balaban J connectivity index is 1.74. The zero-order valence-electron chi connectivity index (χ0n) is 15.0. The van der Waals surface area contributed by atoms with E-state index in [-0.39, 0.29) is 18.2 Å². The number of rotatable bonds is 8. The highest BCUT2D eigenvalue weighted by Gasteiger charge is 2.18. The number of nitro benzene ring substituents is 1. The van der Waals surface area contributed by atoms with E-state index in [4.69, 9.17) is 4.74 Å². The molecule has 0 aliphatic rings. The number of carbonyl (C=O) groups is 2. The Morgan fingerprint density at radius 2 is 1.78 bits per heavy atom. The lowest BCUT2D eigenvalue weighted by molar-refractivity contribution is -0.384. The van der Waals surface area contributed by atoms with Crippen LogP contribution in [0.3, 0.4) is 0 Å². The van der Waals surface area contributed by atoms with E-state index in [9.17, 15) is 19.7 Å². The molecule has 2 rings (SSSR count). The molecule has 0 heterocycles. The van der Waals surface area contributed by atoms with Crippen LogP contribution in [-0.2, 0) is 20.9 Å². The Hall–Kier alpha value is -2.87. The van der Waals surface area contributed by atoms with Crippen LogP contribution in [-0.4, -0.2) is 28.7 Å². The number of thioether (sulfide) groups is 1. The summed E-state index contributed by atoms with van der Waals surface area (Å²) in [6, 6.07) is 13.6. The first-order chi connectivity index (χ1) is 12.8. The number of aryl methyl sites for hydroxylation is 1. The minimum atomic E-state index is -0.545. The van der Waals surface area contributed by atoms with E-state index in [2.05, 4.69) is 5.32 Å². The quantitative estimate of drug-likeness (QED) is 0.323. The van der Waals surface area contributed by atoms with Crippen LogP contribution in [0.2, 0.25) is 0 Å². The second kappa shape index (κ2) is 9.72. The number of amides is 1. The maximum absolute atomic E-state index is 12.0. The third-order valence-electron chi connectivity index (χ3n) is 3.65. The molecule has 1 unspecified atom stereocenters. The van der Waals surface area contributed by atoms with E-state index in [0.717, 1.165) is 11.1 Å². The number of nitro groups is 1. The van der Waals surface area contributed by atoms with Crippen LogP contribution < -0.4 is 5.32 Å². The van der Waals surface area contributed by atoms with Crippen molar-refractivity contribution in [3.8, 4) is 0 Å². The fourth-order valence-corrected chi connectivity index (χ4v) is 2.98. The summed E-state index contributed by atoms with van der Waals surface area (Å²) in [6.07, 6.45) is 0. The standard InChI is InChI=1S/C19H20N2O5S/c1-13-3-5-15(6-4-13)11-20-18(22)12-26-19(23)14(2)27-17-9-7-16(8-10-17)21(24)25/h3-10,14H,11-12H2,1-2H3,(H,20,22). The Morgan fingerprint density at radius 1 is 1.15 bits per heavy atom. The molecule has 2 aromatic carbocycles. The number of ether oxygens (including phenoxy) is 1. The molecule has 0 radical (unpaired) electrons. The molecule has 27 heavy (non-hydrogen) atoms. The van der Waals surface area contributed by atoms with Gasteiger partial charge >= 0.3 is 5.97 Å². The minimum absolute atomic E-state index is 0.0140. The zero-order chi connectivity index (χ0) is 19.8. The lowest BCUT2D eigenvalue weighted by Gasteiger charge is -2.11. The minimum Gasteiger partial charge on any atom is -0.455 e. The van der Waals surface area contributed by atoms with Gasteiger partial charge in [0.2, 0.25) is 0 Å². The average Bonchev–Trinajstić information content (AvgIpc) is 2.66. The van der Waals surface area contributed by atoms with Gasteiger partial charge in [-0.2, -0.15) is 0 Å². The molecule has 0 saturated heterocycles. The predicted molar refractivity (Wildman–Crippen MR) is 102 cm³/mol. The van der Waals surface area contributed by atoms with Crippen molar-refractivity contribution >= 4 is 29.3 Å². The molecule has 8 heteroatoms. The Labute approximate surface area is 161 Å². The molecule has 0 saturated carbocycles. The smallest absolute Gasteiger partial charge is 0.319 e. The molecule has 1 atom stereocenters. The topological polar surface area (TPSA) is 98.5 Å².